The molecule has 8 heteroatoms. The number of nitrogens with zero attached hydrogens (tertiary/aromatic N) is 1. The fraction of sp³-hybridized carbons (Fsp3) is 0.417. The van der Waals surface area contributed by atoms with Crippen molar-refractivity contribution in [2.24, 2.45) is 0 Å². The Labute approximate surface area is 189 Å². The molecule has 1 atom stereocenters. The van der Waals surface area contributed by atoms with Gasteiger partial charge in [0.15, 0.2) is 6.61 Å². The molecule has 0 aliphatic carbocycles. The minimum Gasteiger partial charge on any atom is -0.497 e. The zero-order valence-electron chi connectivity index (χ0n) is 19.3. The number of amides is 2. The molecule has 32 heavy (non-hydrogen) atoms. The molecule has 2 amide bonds. The van der Waals surface area contributed by atoms with Crippen molar-refractivity contribution in [2.75, 3.05) is 34.5 Å². The second-order valence-electron chi connectivity index (χ2n) is 7.17. The molecule has 0 aliphatic rings. The van der Waals surface area contributed by atoms with Crippen LogP contribution in [0.3, 0.4) is 0 Å². The summed E-state index contributed by atoms with van der Waals surface area (Å²) < 4.78 is 21.4. The summed E-state index contributed by atoms with van der Waals surface area (Å²) in [6.45, 7) is 4.25. The van der Waals surface area contributed by atoms with E-state index in [-0.39, 0.29) is 25.0 Å². The highest BCUT2D eigenvalue weighted by atomic mass is 16.5. The first-order valence-corrected chi connectivity index (χ1v) is 10.5. The van der Waals surface area contributed by atoms with Crippen LogP contribution in [0.2, 0.25) is 0 Å². The van der Waals surface area contributed by atoms with E-state index in [9.17, 15) is 9.59 Å². The van der Waals surface area contributed by atoms with Crippen LogP contribution in [0.4, 0.5) is 0 Å². The number of hydrogen-bond donors (Lipinski definition) is 1. The van der Waals surface area contributed by atoms with Crippen molar-refractivity contribution in [1.82, 2.24) is 10.2 Å². The number of carbonyl (C=O) groups is 2. The second-order valence-corrected chi connectivity index (χ2v) is 7.17. The van der Waals surface area contributed by atoms with Crippen LogP contribution in [0.5, 0.6) is 23.0 Å². The standard InChI is InChI=1S/C24H32N2O6/c1-6-11-25-24(28)17(2)26(15-18-7-9-19(29-3)10-8-18)23(27)16-32-22-13-20(30-4)12-21(14-22)31-5/h7-10,12-14,17H,6,11,15-16H2,1-5H3,(H,25,28). The van der Waals surface area contributed by atoms with E-state index < -0.39 is 6.04 Å². The van der Waals surface area contributed by atoms with Crippen LogP contribution in [0, 0.1) is 0 Å². The molecule has 2 aromatic rings. The smallest absolute Gasteiger partial charge is 0.261 e. The summed E-state index contributed by atoms with van der Waals surface area (Å²) in [5.74, 6) is 1.72. The van der Waals surface area contributed by atoms with E-state index in [1.54, 1.807) is 32.2 Å². The van der Waals surface area contributed by atoms with Gasteiger partial charge in [0.2, 0.25) is 5.91 Å². The summed E-state index contributed by atoms with van der Waals surface area (Å²) in [6, 6.07) is 11.7. The summed E-state index contributed by atoms with van der Waals surface area (Å²) in [5, 5.41) is 2.85. The van der Waals surface area contributed by atoms with E-state index in [0.29, 0.717) is 23.8 Å². The Kier molecular flexibility index (Phi) is 9.66. The molecule has 0 fully saturated rings. The van der Waals surface area contributed by atoms with Gasteiger partial charge in [0.25, 0.3) is 5.91 Å². The average Bonchev–Trinajstić information content (AvgIpc) is 2.83. The Bertz CT molecular complexity index is 862. The quantitative estimate of drug-likeness (QED) is 0.542. The molecule has 0 aromatic heterocycles. The second kappa shape index (κ2) is 12.4. The molecule has 0 spiro atoms. The van der Waals surface area contributed by atoms with E-state index in [4.69, 9.17) is 18.9 Å². The lowest BCUT2D eigenvalue weighted by atomic mass is 10.1. The maximum atomic E-state index is 13.1. The minimum absolute atomic E-state index is 0.211. The number of nitrogens with one attached hydrogen (secondary N) is 1. The molecule has 1 unspecified atom stereocenters. The SMILES string of the molecule is CCCNC(=O)C(C)N(Cc1ccc(OC)cc1)C(=O)COc1cc(OC)cc(OC)c1. The van der Waals surface area contributed by atoms with Gasteiger partial charge in [0.05, 0.1) is 21.3 Å². The maximum Gasteiger partial charge on any atom is 0.261 e. The first kappa shape index (κ1) is 24.8. The molecular formula is C24H32N2O6. The monoisotopic (exact) mass is 444 g/mol. The number of carbonyl (C=O) groups excluding carboxylic acids is 2. The zero-order chi connectivity index (χ0) is 23.5. The highest BCUT2D eigenvalue weighted by Crippen LogP contribution is 2.27. The van der Waals surface area contributed by atoms with Gasteiger partial charge in [-0.05, 0) is 31.0 Å². The van der Waals surface area contributed by atoms with E-state index in [0.717, 1.165) is 17.7 Å². The molecule has 0 heterocycles. The predicted octanol–water partition coefficient (Wildman–Crippen LogP) is 3.03. The first-order valence-electron chi connectivity index (χ1n) is 10.5. The van der Waals surface area contributed by atoms with Crippen LogP contribution < -0.4 is 24.3 Å². The number of hydrogen-bond acceptors (Lipinski definition) is 6. The van der Waals surface area contributed by atoms with Crippen LogP contribution in [-0.4, -0.2) is 57.2 Å². The molecule has 2 aromatic carbocycles. The van der Waals surface area contributed by atoms with Gasteiger partial charge in [-0.25, -0.2) is 0 Å². The topological polar surface area (TPSA) is 86.3 Å². The lowest BCUT2D eigenvalue weighted by Gasteiger charge is -2.28. The van der Waals surface area contributed by atoms with Gasteiger partial charge in [-0.1, -0.05) is 19.1 Å². The Hall–Kier alpha value is -3.42. The molecule has 0 radical (unpaired) electrons. The Morgan fingerprint density at radius 2 is 1.47 bits per heavy atom. The van der Waals surface area contributed by atoms with Gasteiger partial charge < -0.3 is 29.2 Å². The summed E-state index contributed by atoms with van der Waals surface area (Å²) >= 11 is 0. The van der Waals surface area contributed by atoms with Crippen LogP contribution in [0.1, 0.15) is 25.8 Å². The molecule has 1 N–H and O–H groups in total. The molecule has 0 saturated carbocycles. The molecular weight excluding hydrogens is 412 g/mol. The predicted molar refractivity (Wildman–Crippen MR) is 121 cm³/mol. The van der Waals surface area contributed by atoms with Gasteiger partial charge in [0.1, 0.15) is 29.0 Å². The highest BCUT2D eigenvalue weighted by molar-refractivity contribution is 5.87. The Morgan fingerprint density at radius 3 is 2.00 bits per heavy atom. The first-order chi connectivity index (χ1) is 15.4. The lowest BCUT2D eigenvalue weighted by molar-refractivity contribution is -0.142. The molecule has 174 valence electrons. The number of methoxy groups -OCH3 is 3. The van der Waals surface area contributed by atoms with Gasteiger partial charge in [-0.15, -0.1) is 0 Å². The number of rotatable bonds is 12. The van der Waals surface area contributed by atoms with E-state index in [1.807, 2.05) is 31.2 Å². The fourth-order valence-corrected chi connectivity index (χ4v) is 3.00. The largest absolute Gasteiger partial charge is 0.497 e. The van der Waals surface area contributed by atoms with E-state index in [1.165, 1.54) is 19.1 Å². The van der Waals surface area contributed by atoms with Crippen molar-refractivity contribution in [3.63, 3.8) is 0 Å². The van der Waals surface area contributed by atoms with Gasteiger partial charge in [-0.2, -0.15) is 0 Å². The molecule has 0 saturated heterocycles. The molecule has 0 aliphatic heterocycles. The van der Waals surface area contributed by atoms with Crippen molar-refractivity contribution in [1.29, 1.82) is 0 Å². The van der Waals surface area contributed by atoms with Crippen LogP contribution in [0.15, 0.2) is 42.5 Å². The molecule has 2 rings (SSSR count). The number of ether oxygens (including phenoxy) is 4. The van der Waals surface area contributed by atoms with Crippen LogP contribution in [0.25, 0.3) is 0 Å². The van der Waals surface area contributed by atoms with Gasteiger partial charge >= 0.3 is 0 Å². The third-order valence-electron chi connectivity index (χ3n) is 4.92. The van der Waals surface area contributed by atoms with Crippen molar-refractivity contribution in [3.8, 4) is 23.0 Å². The summed E-state index contributed by atoms with van der Waals surface area (Å²) in [6.07, 6.45) is 0.811. The normalized spacial score (nSPS) is 11.3. The highest BCUT2D eigenvalue weighted by Gasteiger charge is 2.26. The van der Waals surface area contributed by atoms with Gasteiger partial charge in [-0.3, -0.25) is 9.59 Å². The lowest BCUT2D eigenvalue weighted by Crippen LogP contribution is -2.49. The zero-order valence-corrected chi connectivity index (χ0v) is 19.3. The third kappa shape index (κ3) is 7.08. The number of benzene rings is 2. The average molecular weight is 445 g/mol. The van der Waals surface area contributed by atoms with Crippen LogP contribution >= 0.6 is 0 Å². The maximum absolute atomic E-state index is 13.1. The Morgan fingerprint density at radius 1 is 0.906 bits per heavy atom. The van der Waals surface area contributed by atoms with E-state index in [2.05, 4.69) is 5.32 Å². The fourth-order valence-electron chi connectivity index (χ4n) is 3.00. The summed E-state index contributed by atoms with van der Waals surface area (Å²) in [5.41, 5.74) is 0.873. The van der Waals surface area contributed by atoms with Crippen molar-refractivity contribution in [2.45, 2.75) is 32.9 Å². The van der Waals surface area contributed by atoms with Crippen LogP contribution in [-0.2, 0) is 16.1 Å². The van der Waals surface area contributed by atoms with Gasteiger partial charge in [0, 0.05) is 31.3 Å². The minimum atomic E-state index is -0.667. The van der Waals surface area contributed by atoms with Crippen molar-refractivity contribution < 1.29 is 28.5 Å². The Balaban J connectivity index is 2.17. The third-order valence-corrected chi connectivity index (χ3v) is 4.92. The molecule has 0 bridgehead atoms. The van der Waals surface area contributed by atoms with Crippen molar-refractivity contribution in [3.05, 3.63) is 48.0 Å². The summed E-state index contributed by atoms with van der Waals surface area (Å²) in [7, 11) is 4.67. The van der Waals surface area contributed by atoms with Crippen molar-refractivity contribution >= 4 is 11.8 Å². The molecule has 8 nitrogen and oxygen atoms in total. The van der Waals surface area contributed by atoms with E-state index >= 15 is 0 Å². The summed E-state index contributed by atoms with van der Waals surface area (Å²) in [4.78, 5) is 27.2.